The first-order valence-corrected chi connectivity index (χ1v) is 9.54. The van der Waals surface area contributed by atoms with Crippen molar-refractivity contribution in [1.82, 2.24) is 10.3 Å². The molecule has 0 aliphatic heterocycles. The van der Waals surface area contributed by atoms with E-state index < -0.39 is 10.0 Å². The van der Waals surface area contributed by atoms with Crippen molar-refractivity contribution >= 4 is 27.4 Å². The molecule has 7 nitrogen and oxygen atoms in total. The van der Waals surface area contributed by atoms with E-state index in [2.05, 4.69) is 20.3 Å². The maximum atomic E-state index is 12.1. The van der Waals surface area contributed by atoms with Gasteiger partial charge in [-0.3, -0.25) is 9.71 Å². The number of rotatable bonds is 6. The van der Waals surface area contributed by atoms with Gasteiger partial charge in [0.15, 0.2) is 0 Å². The average Bonchev–Trinajstić information content (AvgIpc) is 2.58. The molecular weight excluding hydrogens is 340 g/mol. The summed E-state index contributed by atoms with van der Waals surface area (Å²) in [5, 5.41) is 5.58. The van der Waals surface area contributed by atoms with E-state index in [-0.39, 0.29) is 17.8 Å². The first kappa shape index (κ1) is 18.7. The van der Waals surface area contributed by atoms with Crippen LogP contribution in [0.3, 0.4) is 0 Å². The summed E-state index contributed by atoms with van der Waals surface area (Å²) in [5.41, 5.74) is 2.75. The summed E-state index contributed by atoms with van der Waals surface area (Å²) in [4.78, 5) is 16.1. The lowest BCUT2D eigenvalue weighted by Gasteiger charge is -2.16. The second kappa shape index (κ2) is 7.98. The molecule has 134 valence electrons. The molecule has 3 N–H and O–H groups in total. The lowest BCUT2D eigenvalue weighted by molar-refractivity contribution is 0.249. The number of pyridine rings is 1. The molecule has 1 aromatic carbocycles. The number of carbonyl (C=O) groups excluding carboxylic acids is 1. The largest absolute Gasteiger partial charge is 0.331 e. The fraction of sp³-hybridized carbons (Fsp3) is 0.294. The number of urea groups is 1. The number of anilines is 2. The highest BCUT2D eigenvalue weighted by molar-refractivity contribution is 7.92. The zero-order valence-corrected chi connectivity index (χ0v) is 15.2. The SMILES string of the molecule is CCS(=O)(=O)Nc1ccc(NC(=O)NC(C)c2ccncc2)cc1C. The Hall–Kier alpha value is -2.61. The van der Waals surface area contributed by atoms with Gasteiger partial charge in [0.2, 0.25) is 10.0 Å². The van der Waals surface area contributed by atoms with Crippen LogP contribution in [0, 0.1) is 6.92 Å². The van der Waals surface area contributed by atoms with Crippen LogP contribution in [0.15, 0.2) is 42.7 Å². The number of hydrogen-bond donors (Lipinski definition) is 3. The molecule has 1 atom stereocenters. The van der Waals surface area contributed by atoms with Crippen LogP contribution in [0.25, 0.3) is 0 Å². The quantitative estimate of drug-likeness (QED) is 0.735. The number of benzene rings is 1. The van der Waals surface area contributed by atoms with E-state index in [1.54, 1.807) is 44.4 Å². The Morgan fingerprint density at radius 3 is 2.48 bits per heavy atom. The molecule has 2 amide bonds. The third-order valence-corrected chi connectivity index (χ3v) is 4.97. The Bertz CT molecular complexity index is 838. The van der Waals surface area contributed by atoms with E-state index in [0.717, 1.165) is 11.1 Å². The van der Waals surface area contributed by atoms with Gasteiger partial charge in [-0.1, -0.05) is 0 Å². The fourth-order valence-corrected chi connectivity index (χ4v) is 2.90. The molecule has 0 saturated carbocycles. The number of nitrogens with zero attached hydrogens (tertiary/aromatic N) is 1. The third kappa shape index (κ3) is 5.46. The number of aromatic nitrogens is 1. The highest BCUT2D eigenvalue weighted by Gasteiger charge is 2.12. The molecule has 1 unspecified atom stereocenters. The van der Waals surface area contributed by atoms with Gasteiger partial charge in [-0.05, 0) is 62.2 Å². The zero-order chi connectivity index (χ0) is 18.4. The topological polar surface area (TPSA) is 100 Å². The predicted molar refractivity (Wildman–Crippen MR) is 99.1 cm³/mol. The van der Waals surface area contributed by atoms with E-state index in [1.807, 2.05) is 19.1 Å². The fourth-order valence-electron chi connectivity index (χ4n) is 2.19. The Balaban J connectivity index is 2.00. The van der Waals surface area contributed by atoms with E-state index >= 15 is 0 Å². The van der Waals surface area contributed by atoms with Gasteiger partial charge in [0.05, 0.1) is 17.5 Å². The van der Waals surface area contributed by atoms with Crippen LogP contribution in [-0.2, 0) is 10.0 Å². The van der Waals surface area contributed by atoms with Crippen LogP contribution in [0.2, 0.25) is 0 Å². The summed E-state index contributed by atoms with van der Waals surface area (Å²) in [5.74, 6) is 0.00173. The summed E-state index contributed by atoms with van der Waals surface area (Å²) < 4.78 is 25.8. The second-order valence-electron chi connectivity index (χ2n) is 5.64. The molecule has 8 heteroatoms. The first-order chi connectivity index (χ1) is 11.8. The molecule has 0 aliphatic rings. The van der Waals surface area contributed by atoms with Gasteiger partial charge in [-0.2, -0.15) is 0 Å². The van der Waals surface area contributed by atoms with Gasteiger partial charge in [0, 0.05) is 18.1 Å². The van der Waals surface area contributed by atoms with Gasteiger partial charge < -0.3 is 10.6 Å². The standard InChI is InChI=1S/C17H22N4O3S/c1-4-25(23,24)21-16-6-5-15(11-12(16)2)20-17(22)19-13(3)14-7-9-18-10-8-14/h5-11,13,21H,4H2,1-3H3,(H2,19,20,22). The summed E-state index contributed by atoms with van der Waals surface area (Å²) in [6.07, 6.45) is 3.34. The van der Waals surface area contributed by atoms with E-state index in [9.17, 15) is 13.2 Å². The van der Waals surface area contributed by atoms with Crippen molar-refractivity contribution < 1.29 is 13.2 Å². The minimum Gasteiger partial charge on any atom is -0.331 e. The van der Waals surface area contributed by atoms with Crippen LogP contribution in [-0.4, -0.2) is 25.2 Å². The Morgan fingerprint density at radius 1 is 1.20 bits per heavy atom. The molecule has 0 radical (unpaired) electrons. The molecule has 0 fully saturated rings. The van der Waals surface area contributed by atoms with E-state index in [4.69, 9.17) is 0 Å². The van der Waals surface area contributed by atoms with Gasteiger partial charge >= 0.3 is 6.03 Å². The number of aryl methyl sites for hydroxylation is 1. The molecule has 25 heavy (non-hydrogen) atoms. The van der Waals surface area contributed by atoms with E-state index in [1.165, 1.54) is 0 Å². The van der Waals surface area contributed by atoms with Crippen molar-refractivity contribution in [2.45, 2.75) is 26.8 Å². The number of hydrogen-bond acceptors (Lipinski definition) is 4. The number of amides is 2. The van der Waals surface area contributed by atoms with Gasteiger partial charge in [0.1, 0.15) is 0 Å². The molecule has 2 aromatic rings. The molecule has 1 aromatic heterocycles. The minimum atomic E-state index is -3.33. The molecule has 0 saturated heterocycles. The van der Waals surface area contributed by atoms with Crippen LogP contribution in [0.5, 0.6) is 0 Å². The molecule has 0 aliphatic carbocycles. The predicted octanol–water partition coefficient (Wildman–Crippen LogP) is 3.03. The molecule has 0 bridgehead atoms. The van der Waals surface area contributed by atoms with Crippen molar-refractivity contribution in [2.75, 3.05) is 15.8 Å². The Kier molecular flexibility index (Phi) is 5.97. The van der Waals surface area contributed by atoms with Gasteiger partial charge in [0.25, 0.3) is 0 Å². The van der Waals surface area contributed by atoms with Crippen LogP contribution in [0.4, 0.5) is 16.2 Å². The van der Waals surface area contributed by atoms with E-state index in [0.29, 0.717) is 11.4 Å². The molecule has 1 heterocycles. The minimum absolute atomic E-state index is 0.00173. The Morgan fingerprint density at radius 2 is 1.88 bits per heavy atom. The lowest BCUT2D eigenvalue weighted by Crippen LogP contribution is -2.31. The number of sulfonamides is 1. The molecular formula is C17H22N4O3S. The van der Waals surface area contributed by atoms with Crippen LogP contribution in [0.1, 0.15) is 31.0 Å². The number of carbonyl (C=O) groups is 1. The smallest absolute Gasteiger partial charge is 0.319 e. The highest BCUT2D eigenvalue weighted by Crippen LogP contribution is 2.21. The van der Waals surface area contributed by atoms with Crippen molar-refractivity contribution in [2.24, 2.45) is 0 Å². The summed E-state index contributed by atoms with van der Waals surface area (Å²) in [6, 6.07) is 8.16. The summed E-state index contributed by atoms with van der Waals surface area (Å²) in [6.45, 7) is 5.22. The normalized spacial score (nSPS) is 12.3. The highest BCUT2D eigenvalue weighted by atomic mass is 32.2. The molecule has 0 spiro atoms. The Labute approximate surface area is 147 Å². The van der Waals surface area contributed by atoms with Crippen molar-refractivity contribution in [3.63, 3.8) is 0 Å². The monoisotopic (exact) mass is 362 g/mol. The zero-order valence-electron chi connectivity index (χ0n) is 14.4. The average molecular weight is 362 g/mol. The molecule has 2 rings (SSSR count). The van der Waals surface area contributed by atoms with Crippen LogP contribution < -0.4 is 15.4 Å². The summed E-state index contributed by atoms with van der Waals surface area (Å²) >= 11 is 0. The lowest BCUT2D eigenvalue weighted by atomic mass is 10.1. The van der Waals surface area contributed by atoms with Crippen molar-refractivity contribution in [1.29, 1.82) is 0 Å². The van der Waals surface area contributed by atoms with Crippen LogP contribution >= 0.6 is 0 Å². The number of nitrogens with one attached hydrogen (secondary N) is 3. The maximum Gasteiger partial charge on any atom is 0.319 e. The van der Waals surface area contributed by atoms with Gasteiger partial charge in [-0.15, -0.1) is 0 Å². The maximum absolute atomic E-state index is 12.1. The van der Waals surface area contributed by atoms with Crippen molar-refractivity contribution in [3.05, 3.63) is 53.9 Å². The third-order valence-electron chi connectivity index (χ3n) is 3.68. The first-order valence-electron chi connectivity index (χ1n) is 7.89. The van der Waals surface area contributed by atoms with Crippen molar-refractivity contribution in [3.8, 4) is 0 Å². The second-order valence-corrected chi connectivity index (χ2v) is 7.65. The van der Waals surface area contributed by atoms with Gasteiger partial charge in [-0.25, -0.2) is 13.2 Å². The summed E-state index contributed by atoms with van der Waals surface area (Å²) in [7, 11) is -3.33.